The normalized spacial score (nSPS) is 18.3. The van der Waals surface area contributed by atoms with Crippen LogP contribution in [-0.2, 0) is 4.74 Å². The predicted octanol–water partition coefficient (Wildman–Crippen LogP) is 1.94. The number of amides is 1. The molecule has 0 spiro atoms. The fourth-order valence-corrected chi connectivity index (χ4v) is 2.72. The van der Waals surface area contributed by atoms with Crippen LogP contribution in [0.2, 0.25) is 0 Å². The number of aromatic carboxylic acids is 1. The minimum Gasteiger partial charge on any atom is -0.478 e. The largest absolute Gasteiger partial charge is 0.478 e. The van der Waals surface area contributed by atoms with E-state index < -0.39 is 5.97 Å². The average molecular weight is 277 g/mol. The number of carbonyl (C=O) groups excluding carboxylic acids is 1. The fourth-order valence-electron chi connectivity index (χ4n) is 2.72. The lowest BCUT2D eigenvalue weighted by Crippen LogP contribution is -2.38. The summed E-state index contributed by atoms with van der Waals surface area (Å²) >= 11 is 0. The zero-order valence-electron chi connectivity index (χ0n) is 11.8. The highest BCUT2D eigenvalue weighted by Crippen LogP contribution is 2.23. The molecule has 1 saturated heterocycles. The molecule has 0 aromatic heterocycles. The number of nitrogens with zero attached hydrogens (tertiary/aromatic N) is 1. The van der Waals surface area contributed by atoms with Gasteiger partial charge in [0.15, 0.2) is 0 Å². The summed E-state index contributed by atoms with van der Waals surface area (Å²) in [5, 5.41) is 9.13. The number of likely N-dealkylation sites (tertiary alicyclic amines) is 1. The summed E-state index contributed by atoms with van der Waals surface area (Å²) in [4.78, 5) is 25.5. The van der Waals surface area contributed by atoms with E-state index in [1.807, 2.05) is 0 Å². The summed E-state index contributed by atoms with van der Waals surface area (Å²) in [5.74, 6) is -1.11. The number of carboxylic acid groups (broad SMARTS) is 1. The SMILES string of the molecule is COCC1CCCN1C(=O)c1cccc(C(=O)O)c1C. The maximum absolute atomic E-state index is 12.6. The second-order valence-corrected chi connectivity index (χ2v) is 5.03. The van der Waals surface area contributed by atoms with Gasteiger partial charge < -0.3 is 14.7 Å². The van der Waals surface area contributed by atoms with E-state index in [9.17, 15) is 9.59 Å². The van der Waals surface area contributed by atoms with Crippen molar-refractivity contribution >= 4 is 11.9 Å². The van der Waals surface area contributed by atoms with E-state index in [4.69, 9.17) is 9.84 Å². The average Bonchev–Trinajstić information content (AvgIpc) is 2.86. The van der Waals surface area contributed by atoms with Gasteiger partial charge in [0.2, 0.25) is 0 Å². The maximum atomic E-state index is 12.6. The lowest BCUT2D eigenvalue weighted by atomic mass is 10.0. The first-order valence-electron chi connectivity index (χ1n) is 6.69. The van der Waals surface area contributed by atoms with Gasteiger partial charge in [0, 0.05) is 19.2 Å². The van der Waals surface area contributed by atoms with E-state index in [1.54, 1.807) is 31.1 Å². The quantitative estimate of drug-likeness (QED) is 0.913. The van der Waals surface area contributed by atoms with Crippen LogP contribution in [0.4, 0.5) is 0 Å². The Hall–Kier alpha value is -1.88. The molecule has 1 aliphatic rings. The summed E-state index contributed by atoms with van der Waals surface area (Å²) in [7, 11) is 1.62. The molecule has 108 valence electrons. The highest BCUT2D eigenvalue weighted by molar-refractivity contribution is 6.00. The van der Waals surface area contributed by atoms with Crippen LogP contribution >= 0.6 is 0 Å². The summed E-state index contributed by atoms with van der Waals surface area (Å²) < 4.78 is 5.15. The summed E-state index contributed by atoms with van der Waals surface area (Å²) in [6, 6.07) is 4.91. The Morgan fingerprint density at radius 3 is 2.75 bits per heavy atom. The molecule has 1 heterocycles. The molecule has 1 unspecified atom stereocenters. The number of carboxylic acids is 1. The standard InChI is InChI=1S/C15H19NO4/c1-10-12(6-3-7-13(10)15(18)19)14(17)16-8-4-5-11(16)9-20-2/h3,6-7,11H,4-5,8-9H2,1-2H3,(H,18,19). The molecule has 0 bridgehead atoms. The van der Waals surface area contributed by atoms with Crippen LogP contribution in [0, 0.1) is 6.92 Å². The van der Waals surface area contributed by atoms with Gasteiger partial charge in [-0.1, -0.05) is 6.07 Å². The topological polar surface area (TPSA) is 66.8 Å². The van der Waals surface area contributed by atoms with Crippen LogP contribution in [0.3, 0.4) is 0 Å². The van der Waals surface area contributed by atoms with Gasteiger partial charge in [0.25, 0.3) is 5.91 Å². The molecule has 5 nitrogen and oxygen atoms in total. The maximum Gasteiger partial charge on any atom is 0.335 e. The molecule has 0 aliphatic carbocycles. The molecule has 0 saturated carbocycles. The second-order valence-electron chi connectivity index (χ2n) is 5.03. The Morgan fingerprint density at radius 1 is 1.40 bits per heavy atom. The van der Waals surface area contributed by atoms with Crippen LogP contribution < -0.4 is 0 Å². The van der Waals surface area contributed by atoms with Crippen molar-refractivity contribution in [3.8, 4) is 0 Å². The third kappa shape index (κ3) is 2.67. The third-order valence-electron chi connectivity index (χ3n) is 3.79. The van der Waals surface area contributed by atoms with E-state index in [1.165, 1.54) is 6.07 Å². The highest BCUT2D eigenvalue weighted by Gasteiger charge is 2.30. The van der Waals surface area contributed by atoms with Crippen LogP contribution in [0.1, 0.15) is 39.1 Å². The molecule has 5 heteroatoms. The van der Waals surface area contributed by atoms with E-state index in [0.717, 1.165) is 12.8 Å². The Morgan fingerprint density at radius 2 is 2.10 bits per heavy atom. The van der Waals surface area contributed by atoms with E-state index in [0.29, 0.717) is 24.3 Å². The number of benzene rings is 1. The first-order valence-corrected chi connectivity index (χ1v) is 6.69. The van der Waals surface area contributed by atoms with Crippen LogP contribution in [0.15, 0.2) is 18.2 Å². The Bertz CT molecular complexity index is 527. The lowest BCUT2D eigenvalue weighted by molar-refractivity contribution is 0.0630. The van der Waals surface area contributed by atoms with Gasteiger partial charge in [-0.3, -0.25) is 4.79 Å². The summed E-state index contributed by atoms with van der Waals surface area (Å²) in [5.41, 5.74) is 1.17. The van der Waals surface area contributed by atoms with Gasteiger partial charge in [0.05, 0.1) is 18.2 Å². The van der Waals surface area contributed by atoms with Gasteiger partial charge in [-0.2, -0.15) is 0 Å². The van der Waals surface area contributed by atoms with Crippen molar-refractivity contribution in [3.05, 3.63) is 34.9 Å². The Labute approximate surface area is 118 Å². The number of carbonyl (C=O) groups is 2. The zero-order valence-corrected chi connectivity index (χ0v) is 11.8. The van der Waals surface area contributed by atoms with Gasteiger partial charge in [0.1, 0.15) is 0 Å². The zero-order chi connectivity index (χ0) is 14.7. The molecule has 20 heavy (non-hydrogen) atoms. The molecule has 1 fully saturated rings. The minimum atomic E-state index is -1.01. The molecule has 1 aliphatic heterocycles. The first kappa shape index (κ1) is 14.5. The van der Waals surface area contributed by atoms with Gasteiger partial charge in [-0.05, 0) is 37.5 Å². The Balaban J connectivity index is 2.29. The van der Waals surface area contributed by atoms with Crippen LogP contribution in [0.25, 0.3) is 0 Å². The van der Waals surface area contributed by atoms with Gasteiger partial charge in [-0.25, -0.2) is 4.79 Å². The predicted molar refractivity (Wildman–Crippen MR) is 74.1 cm³/mol. The molecular weight excluding hydrogens is 258 g/mol. The molecule has 0 radical (unpaired) electrons. The number of rotatable bonds is 4. The summed E-state index contributed by atoms with van der Waals surface area (Å²) in [6.07, 6.45) is 1.88. The van der Waals surface area contributed by atoms with Crippen molar-refractivity contribution in [2.24, 2.45) is 0 Å². The number of hydrogen-bond donors (Lipinski definition) is 1. The van der Waals surface area contributed by atoms with Gasteiger partial charge >= 0.3 is 5.97 Å². The lowest BCUT2D eigenvalue weighted by Gasteiger charge is -2.25. The van der Waals surface area contributed by atoms with Crippen molar-refractivity contribution in [2.75, 3.05) is 20.3 Å². The van der Waals surface area contributed by atoms with Crippen molar-refractivity contribution < 1.29 is 19.4 Å². The van der Waals surface area contributed by atoms with Crippen molar-refractivity contribution in [1.29, 1.82) is 0 Å². The van der Waals surface area contributed by atoms with Gasteiger partial charge in [-0.15, -0.1) is 0 Å². The van der Waals surface area contributed by atoms with E-state index >= 15 is 0 Å². The second kappa shape index (κ2) is 6.05. The van der Waals surface area contributed by atoms with E-state index in [-0.39, 0.29) is 17.5 Å². The number of hydrogen-bond acceptors (Lipinski definition) is 3. The smallest absolute Gasteiger partial charge is 0.335 e. The molecular formula is C15H19NO4. The first-order chi connectivity index (χ1) is 9.56. The van der Waals surface area contributed by atoms with Crippen LogP contribution in [0.5, 0.6) is 0 Å². The van der Waals surface area contributed by atoms with Crippen molar-refractivity contribution in [1.82, 2.24) is 4.90 Å². The third-order valence-corrected chi connectivity index (χ3v) is 3.79. The number of methoxy groups -OCH3 is 1. The van der Waals surface area contributed by atoms with Crippen LogP contribution in [-0.4, -0.2) is 48.2 Å². The molecule has 1 aromatic carbocycles. The van der Waals surface area contributed by atoms with E-state index in [2.05, 4.69) is 0 Å². The minimum absolute atomic E-state index is 0.0837. The molecule has 1 N–H and O–H groups in total. The summed E-state index contributed by atoms with van der Waals surface area (Å²) in [6.45, 7) is 2.89. The number of ether oxygens (including phenoxy) is 1. The molecule has 1 amide bonds. The molecule has 2 rings (SSSR count). The molecule has 1 aromatic rings. The Kier molecular flexibility index (Phi) is 4.39. The monoisotopic (exact) mass is 277 g/mol. The van der Waals surface area contributed by atoms with Crippen molar-refractivity contribution in [2.45, 2.75) is 25.8 Å². The highest BCUT2D eigenvalue weighted by atomic mass is 16.5. The molecule has 1 atom stereocenters. The van der Waals surface area contributed by atoms with Crippen molar-refractivity contribution in [3.63, 3.8) is 0 Å². The fraction of sp³-hybridized carbons (Fsp3) is 0.467.